The Labute approximate surface area is 165 Å². The summed E-state index contributed by atoms with van der Waals surface area (Å²) in [6.45, 7) is 1.77. The van der Waals surface area contributed by atoms with E-state index in [1.54, 1.807) is 55.5 Å². The second kappa shape index (κ2) is 8.49. The molecule has 0 aliphatic heterocycles. The molecule has 1 heterocycles. The van der Waals surface area contributed by atoms with Crippen LogP contribution in [0.3, 0.4) is 0 Å². The van der Waals surface area contributed by atoms with Crippen molar-refractivity contribution in [3.8, 4) is 5.69 Å². The number of aromatic nitrogens is 2. The standard InChI is InChI=1S/C20H16ClN3O4/c1-2-28-20(27)18-16(22-19(26)13-7-6-8-14(21)11-13)12-17(25)24(23-18)15-9-4-3-5-10-15/h3-12H,2H2,1H3,(H,22,26). The van der Waals surface area contributed by atoms with Crippen LogP contribution in [0.2, 0.25) is 5.02 Å². The van der Waals surface area contributed by atoms with Gasteiger partial charge in [0.1, 0.15) is 0 Å². The molecule has 0 unspecified atom stereocenters. The summed E-state index contributed by atoms with van der Waals surface area (Å²) in [5, 5.41) is 7.04. The van der Waals surface area contributed by atoms with E-state index in [4.69, 9.17) is 16.3 Å². The van der Waals surface area contributed by atoms with Gasteiger partial charge in [0.25, 0.3) is 11.5 Å². The summed E-state index contributed by atoms with van der Waals surface area (Å²) in [7, 11) is 0. The van der Waals surface area contributed by atoms with Gasteiger partial charge in [0, 0.05) is 16.7 Å². The van der Waals surface area contributed by atoms with Crippen molar-refractivity contribution in [2.24, 2.45) is 0 Å². The summed E-state index contributed by atoms with van der Waals surface area (Å²) < 4.78 is 6.09. The van der Waals surface area contributed by atoms with E-state index in [-0.39, 0.29) is 23.6 Å². The van der Waals surface area contributed by atoms with Crippen LogP contribution in [-0.2, 0) is 4.74 Å². The molecule has 142 valence electrons. The van der Waals surface area contributed by atoms with E-state index >= 15 is 0 Å². The predicted molar refractivity (Wildman–Crippen MR) is 105 cm³/mol. The minimum absolute atomic E-state index is 0.0411. The minimum atomic E-state index is -0.756. The number of carbonyl (C=O) groups is 2. The normalized spacial score (nSPS) is 10.4. The molecule has 1 aromatic heterocycles. The van der Waals surface area contributed by atoms with Crippen LogP contribution in [0.4, 0.5) is 5.69 Å². The fraction of sp³-hybridized carbons (Fsp3) is 0.100. The molecular weight excluding hydrogens is 382 g/mol. The lowest BCUT2D eigenvalue weighted by Crippen LogP contribution is -2.27. The SMILES string of the molecule is CCOC(=O)c1nn(-c2ccccc2)c(=O)cc1NC(=O)c1cccc(Cl)c1. The van der Waals surface area contributed by atoms with Crippen molar-refractivity contribution in [2.45, 2.75) is 6.92 Å². The van der Waals surface area contributed by atoms with Gasteiger partial charge in [-0.15, -0.1) is 0 Å². The Morgan fingerprint density at radius 3 is 2.54 bits per heavy atom. The van der Waals surface area contributed by atoms with Gasteiger partial charge < -0.3 is 10.1 Å². The maximum absolute atomic E-state index is 12.5. The Hall–Kier alpha value is -3.45. The molecule has 1 amide bonds. The topological polar surface area (TPSA) is 90.3 Å². The monoisotopic (exact) mass is 397 g/mol. The molecule has 0 spiro atoms. The highest BCUT2D eigenvalue weighted by Crippen LogP contribution is 2.17. The maximum Gasteiger partial charge on any atom is 0.360 e. The largest absolute Gasteiger partial charge is 0.461 e. The van der Waals surface area contributed by atoms with Crippen molar-refractivity contribution in [2.75, 3.05) is 11.9 Å². The third-order valence-corrected chi connectivity index (χ3v) is 3.97. The molecule has 3 rings (SSSR count). The van der Waals surface area contributed by atoms with Crippen LogP contribution in [0, 0.1) is 0 Å². The number of anilines is 1. The van der Waals surface area contributed by atoms with Crippen LogP contribution in [0.5, 0.6) is 0 Å². The van der Waals surface area contributed by atoms with Gasteiger partial charge >= 0.3 is 5.97 Å². The smallest absolute Gasteiger partial charge is 0.360 e. The lowest BCUT2D eigenvalue weighted by molar-refractivity contribution is 0.0518. The Morgan fingerprint density at radius 1 is 1.11 bits per heavy atom. The van der Waals surface area contributed by atoms with E-state index in [2.05, 4.69) is 10.4 Å². The molecule has 8 heteroatoms. The van der Waals surface area contributed by atoms with Gasteiger partial charge in [0.2, 0.25) is 0 Å². The van der Waals surface area contributed by atoms with Crippen molar-refractivity contribution in [3.05, 3.63) is 87.3 Å². The van der Waals surface area contributed by atoms with Crippen LogP contribution in [-0.4, -0.2) is 28.3 Å². The van der Waals surface area contributed by atoms with Gasteiger partial charge in [0.05, 0.1) is 18.0 Å². The third kappa shape index (κ3) is 4.27. The van der Waals surface area contributed by atoms with Crippen LogP contribution in [0.15, 0.2) is 65.5 Å². The average molecular weight is 398 g/mol. The number of nitrogens with zero attached hydrogens (tertiary/aromatic N) is 2. The van der Waals surface area contributed by atoms with Crippen LogP contribution in [0.25, 0.3) is 5.69 Å². The maximum atomic E-state index is 12.5. The van der Waals surface area contributed by atoms with E-state index in [1.165, 1.54) is 6.07 Å². The molecule has 0 aliphatic carbocycles. The minimum Gasteiger partial charge on any atom is -0.461 e. The summed E-state index contributed by atoms with van der Waals surface area (Å²) in [5.74, 6) is -1.29. The number of esters is 1. The molecule has 28 heavy (non-hydrogen) atoms. The van der Waals surface area contributed by atoms with Crippen molar-refractivity contribution < 1.29 is 14.3 Å². The summed E-state index contributed by atoms with van der Waals surface area (Å²) in [4.78, 5) is 37.4. The number of carbonyl (C=O) groups excluding carboxylic acids is 2. The predicted octanol–water partition coefficient (Wildman–Crippen LogP) is 3.31. The van der Waals surface area contributed by atoms with Gasteiger partial charge in [-0.3, -0.25) is 9.59 Å². The molecule has 0 aliphatic rings. The Kier molecular flexibility index (Phi) is 5.86. The van der Waals surface area contributed by atoms with Gasteiger partial charge in [-0.25, -0.2) is 4.79 Å². The molecule has 0 fully saturated rings. The number of benzene rings is 2. The molecule has 0 radical (unpaired) electrons. The van der Waals surface area contributed by atoms with Crippen LogP contribution in [0.1, 0.15) is 27.8 Å². The van der Waals surface area contributed by atoms with Crippen LogP contribution < -0.4 is 10.9 Å². The fourth-order valence-corrected chi connectivity index (χ4v) is 2.67. The van der Waals surface area contributed by atoms with Crippen molar-refractivity contribution in [3.63, 3.8) is 0 Å². The second-order valence-electron chi connectivity index (χ2n) is 5.68. The van der Waals surface area contributed by atoms with Crippen LogP contribution >= 0.6 is 11.6 Å². The van der Waals surface area contributed by atoms with E-state index in [0.717, 1.165) is 10.7 Å². The van der Waals surface area contributed by atoms with E-state index in [1.807, 2.05) is 0 Å². The average Bonchev–Trinajstić information content (AvgIpc) is 2.69. The Bertz CT molecular complexity index is 1080. The molecular formula is C20H16ClN3O4. The lowest BCUT2D eigenvalue weighted by Gasteiger charge is -2.12. The zero-order chi connectivity index (χ0) is 20.1. The van der Waals surface area contributed by atoms with Gasteiger partial charge in [-0.1, -0.05) is 35.9 Å². The highest BCUT2D eigenvalue weighted by Gasteiger charge is 2.20. The number of para-hydroxylation sites is 1. The quantitative estimate of drug-likeness (QED) is 0.667. The molecule has 0 saturated carbocycles. The van der Waals surface area contributed by atoms with Gasteiger partial charge in [0.15, 0.2) is 5.69 Å². The number of hydrogen-bond acceptors (Lipinski definition) is 5. The number of nitrogens with one attached hydrogen (secondary N) is 1. The molecule has 2 aromatic carbocycles. The molecule has 3 aromatic rings. The first-order valence-electron chi connectivity index (χ1n) is 8.43. The molecule has 1 N–H and O–H groups in total. The number of rotatable bonds is 5. The molecule has 0 saturated heterocycles. The Morgan fingerprint density at radius 2 is 1.86 bits per heavy atom. The van der Waals surface area contributed by atoms with E-state index in [0.29, 0.717) is 10.7 Å². The van der Waals surface area contributed by atoms with E-state index in [9.17, 15) is 14.4 Å². The lowest BCUT2D eigenvalue weighted by atomic mass is 10.2. The van der Waals surface area contributed by atoms with Gasteiger partial charge in [-0.2, -0.15) is 9.78 Å². The number of hydrogen-bond donors (Lipinski definition) is 1. The third-order valence-electron chi connectivity index (χ3n) is 3.74. The van der Waals surface area contributed by atoms with Crippen molar-refractivity contribution in [1.82, 2.24) is 9.78 Å². The zero-order valence-electron chi connectivity index (χ0n) is 14.9. The summed E-state index contributed by atoms with van der Waals surface area (Å²) in [6.07, 6.45) is 0. The summed E-state index contributed by atoms with van der Waals surface area (Å²) in [5.41, 5.74) is 0.0160. The van der Waals surface area contributed by atoms with Crippen molar-refractivity contribution in [1.29, 1.82) is 0 Å². The number of halogens is 1. The highest BCUT2D eigenvalue weighted by atomic mass is 35.5. The Balaban J connectivity index is 2.04. The molecule has 0 bridgehead atoms. The first kappa shape index (κ1) is 19.3. The number of amides is 1. The second-order valence-corrected chi connectivity index (χ2v) is 6.11. The highest BCUT2D eigenvalue weighted by molar-refractivity contribution is 6.31. The summed E-state index contributed by atoms with van der Waals surface area (Å²) in [6, 6.07) is 16.0. The summed E-state index contributed by atoms with van der Waals surface area (Å²) >= 11 is 5.91. The fourth-order valence-electron chi connectivity index (χ4n) is 2.48. The first-order chi connectivity index (χ1) is 13.5. The zero-order valence-corrected chi connectivity index (χ0v) is 15.6. The number of ether oxygens (including phenoxy) is 1. The first-order valence-corrected chi connectivity index (χ1v) is 8.81. The molecule has 7 nitrogen and oxygen atoms in total. The van der Waals surface area contributed by atoms with Gasteiger partial charge in [-0.05, 0) is 37.3 Å². The van der Waals surface area contributed by atoms with Crippen molar-refractivity contribution >= 4 is 29.2 Å². The van der Waals surface area contributed by atoms with E-state index < -0.39 is 17.4 Å². The molecule has 0 atom stereocenters.